The van der Waals surface area contributed by atoms with Crippen molar-refractivity contribution in [2.45, 2.75) is 39.2 Å². The lowest BCUT2D eigenvalue weighted by atomic mass is 9.91. The van der Waals surface area contributed by atoms with Crippen molar-refractivity contribution in [2.75, 3.05) is 25.5 Å². The number of nitrogens with zero attached hydrogens (tertiary/aromatic N) is 3. The van der Waals surface area contributed by atoms with Crippen LogP contribution in [0.4, 0.5) is 5.13 Å². The standard InChI is InChI=1S/C12H22N4S/c1-4-11-14-15-12(17-11)13-9(2)10-5-7-16(3)8-6-10/h9-10H,4-8H2,1-3H3,(H,13,15). The quantitative estimate of drug-likeness (QED) is 0.894. The van der Waals surface area contributed by atoms with Gasteiger partial charge in [0.05, 0.1) is 0 Å². The third-order valence-electron chi connectivity index (χ3n) is 3.59. The number of rotatable bonds is 4. The van der Waals surface area contributed by atoms with Gasteiger partial charge in [-0.15, -0.1) is 10.2 Å². The summed E-state index contributed by atoms with van der Waals surface area (Å²) in [6.45, 7) is 6.81. The lowest BCUT2D eigenvalue weighted by molar-refractivity contribution is 0.208. The van der Waals surface area contributed by atoms with Gasteiger partial charge < -0.3 is 10.2 Å². The Hall–Kier alpha value is -0.680. The maximum absolute atomic E-state index is 4.18. The summed E-state index contributed by atoms with van der Waals surface area (Å²) in [5.41, 5.74) is 0. The maximum Gasteiger partial charge on any atom is 0.205 e. The fourth-order valence-electron chi connectivity index (χ4n) is 2.30. The monoisotopic (exact) mass is 254 g/mol. The predicted molar refractivity (Wildman–Crippen MR) is 72.6 cm³/mol. The largest absolute Gasteiger partial charge is 0.357 e. The fraction of sp³-hybridized carbons (Fsp3) is 0.833. The molecule has 2 rings (SSSR count). The van der Waals surface area contributed by atoms with E-state index in [1.165, 1.54) is 25.9 Å². The van der Waals surface area contributed by atoms with Crippen LogP contribution in [0.15, 0.2) is 0 Å². The number of likely N-dealkylation sites (tertiary alicyclic amines) is 1. The van der Waals surface area contributed by atoms with E-state index >= 15 is 0 Å². The minimum absolute atomic E-state index is 0.501. The van der Waals surface area contributed by atoms with Crippen LogP contribution in [0.5, 0.6) is 0 Å². The van der Waals surface area contributed by atoms with E-state index < -0.39 is 0 Å². The zero-order chi connectivity index (χ0) is 12.3. The molecule has 1 aliphatic rings. The molecule has 2 heterocycles. The first-order valence-corrected chi connectivity index (χ1v) is 7.28. The molecule has 1 saturated heterocycles. The molecule has 96 valence electrons. The lowest BCUT2D eigenvalue weighted by Gasteiger charge is -2.32. The topological polar surface area (TPSA) is 41.1 Å². The summed E-state index contributed by atoms with van der Waals surface area (Å²) >= 11 is 1.68. The molecule has 0 aliphatic carbocycles. The van der Waals surface area contributed by atoms with Crippen LogP contribution in [-0.4, -0.2) is 41.3 Å². The van der Waals surface area contributed by atoms with E-state index in [9.17, 15) is 0 Å². The Morgan fingerprint density at radius 1 is 1.41 bits per heavy atom. The van der Waals surface area contributed by atoms with Gasteiger partial charge in [-0.25, -0.2) is 0 Å². The van der Waals surface area contributed by atoms with Gasteiger partial charge in [0, 0.05) is 6.04 Å². The Bertz CT molecular complexity index is 344. The molecular weight excluding hydrogens is 232 g/mol. The molecule has 0 radical (unpaired) electrons. The van der Waals surface area contributed by atoms with E-state index in [0.717, 1.165) is 22.5 Å². The minimum Gasteiger partial charge on any atom is -0.357 e. The highest BCUT2D eigenvalue weighted by atomic mass is 32.1. The molecule has 1 aromatic rings. The van der Waals surface area contributed by atoms with Gasteiger partial charge in [0.2, 0.25) is 5.13 Å². The molecule has 0 spiro atoms. The number of aryl methyl sites for hydroxylation is 1. The van der Waals surface area contributed by atoms with Crippen molar-refractivity contribution in [2.24, 2.45) is 5.92 Å². The Balaban J connectivity index is 1.85. The van der Waals surface area contributed by atoms with Gasteiger partial charge in [0.25, 0.3) is 0 Å². The third kappa shape index (κ3) is 3.39. The first-order chi connectivity index (χ1) is 8.19. The average Bonchev–Trinajstić information content (AvgIpc) is 2.77. The SMILES string of the molecule is CCc1nnc(NC(C)C2CCN(C)CC2)s1. The number of nitrogens with one attached hydrogen (secondary N) is 1. The molecule has 0 saturated carbocycles. The summed E-state index contributed by atoms with van der Waals surface area (Å²) in [5.74, 6) is 0.764. The van der Waals surface area contributed by atoms with Crippen molar-refractivity contribution < 1.29 is 0 Å². The summed E-state index contributed by atoms with van der Waals surface area (Å²) in [6, 6.07) is 0.501. The minimum atomic E-state index is 0.501. The molecular formula is C12H22N4S. The molecule has 1 unspecified atom stereocenters. The second-order valence-electron chi connectivity index (χ2n) is 4.93. The zero-order valence-corrected chi connectivity index (χ0v) is 11.8. The van der Waals surface area contributed by atoms with Gasteiger partial charge in [-0.05, 0) is 52.2 Å². The molecule has 1 aromatic heterocycles. The predicted octanol–water partition coefficient (Wildman–Crippen LogP) is 2.24. The summed E-state index contributed by atoms with van der Waals surface area (Å²) in [7, 11) is 2.20. The summed E-state index contributed by atoms with van der Waals surface area (Å²) in [5, 5.41) is 13.9. The second kappa shape index (κ2) is 5.78. The number of aromatic nitrogens is 2. The molecule has 1 fully saturated rings. The van der Waals surface area contributed by atoms with Crippen LogP contribution in [0.1, 0.15) is 31.7 Å². The Morgan fingerprint density at radius 3 is 2.71 bits per heavy atom. The van der Waals surface area contributed by atoms with Gasteiger partial charge >= 0.3 is 0 Å². The highest BCUT2D eigenvalue weighted by Crippen LogP contribution is 2.24. The number of anilines is 1. The van der Waals surface area contributed by atoms with E-state index in [-0.39, 0.29) is 0 Å². The molecule has 1 N–H and O–H groups in total. The summed E-state index contributed by atoms with van der Waals surface area (Å²) in [6.07, 6.45) is 3.54. The zero-order valence-electron chi connectivity index (χ0n) is 10.9. The van der Waals surface area contributed by atoms with Crippen molar-refractivity contribution in [1.29, 1.82) is 0 Å². The normalized spacial score (nSPS) is 20.4. The molecule has 4 nitrogen and oxygen atoms in total. The fourth-order valence-corrected chi connectivity index (χ4v) is 3.07. The summed E-state index contributed by atoms with van der Waals surface area (Å²) in [4.78, 5) is 2.41. The Kier molecular flexibility index (Phi) is 4.34. The van der Waals surface area contributed by atoms with E-state index in [1.54, 1.807) is 11.3 Å². The van der Waals surface area contributed by atoms with Crippen LogP contribution in [-0.2, 0) is 6.42 Å². The van der Waals surface area contributed by atoms with Crippen LogP contribution in [0.2, 0.25) is 0 Å². The van der Waals surface area contributed by atoms with Crippen LogP contribution in [0.25, 0.3) is 0 Å². The van der Waals surface area contributed by atoms with Gasteiger partial charge in [-0.1, -0.05) is 18.3 Å². The Labute approximate surface area is 107 Å². The van der Waals surface area contributed by atoms with Crippen LogP contribution in [0, 0.1) is 5.92 Å². The molecule has 1 atom stereocenters. The highest BCUT2D eigenvalue weighted by Gasteiger charge is 2.22. The van der Waals surface area contributed by atoms with Gasteiger partial charge in [-0.3, -0.25) is 0 Å². The smallest absolute Gasteiger partial charge is 0.205 e. The van der Waals surface area contributed by atoms with Crippen molar-refractivity contribution in [1.82, 2.24) is 15.1 Å². The van der Waals surface area contributed by atoms with E-state index in [4.69, 9.17) is 0 Å². The van der Waals surface area contributed by atoms with Crippen molar-refractivity contribution in [3.8, 4) is 0 Å². The average molecular weight is 254 g/mol. The molecule has 5 heteroatoms. The molecule has 0 amide bonds. The van der Waals surface area contributed by atoms with Crippen molar-refractivity contribution >= 4 is 16.5 Å². The van der Waals surface area contributed by atoms with Gasteiger partial charge in [0.15, 0.2) is 0 Å². The number of hydrogen-bond donors (Lipinski definition) is 1. The molecule has 0 aromatic carbocycles. The lowest BCUT2D eigenvalue weighted by Crippen LogP contribution is -2.37. The molecule has 1 aliphatic heterocycles. The summed E-state index contributed by atoms with van der Waals surface area (Å²) < 4.78 is 0. The van der Waals surface area contributed by atoms with Gasteiger partial charge in [-0.2, -0.15) is 0 Å². The van der Waals surface area contributed by atoms with Crippen LogP contribution in [0.3, 0.4) is 0 Å². The molecule has 17 heavy (non-hydrogen) atoms. The third-order valence-corrected chi connectivity index (χ3v) is 4.59. The second-order valence-corrected chi connectivity index (χ2v) is 5.99. The number of piperidine rings is 1. The van der Waals surface area contributed by atoms with Crippen molar-refractivity contribution in [3.63, 3.8) is 0 Å². The van der Waals surface area contributed by atoms with Gasteiger partial charge in [0.1, 0.15) is 5.01 Å². The van der Waals surface area contributed by atoms with E-state index in [0.29, 0.717) is 6.04 Å². The maximum atomic E-state index is 4.18. The van der Waals surface area contributed by atoms with E-state index in [1.807, 2.05) is 0 Å². The molecule has 0 bridgehead atoms. The van der Waals surface area contributed by atoms with Crippen LogP contribution < -0.4 is 5.32 Å². The van der Waals surface area contributed by atoms with E-state index in [2.05, 4.69) is 41.3 Å². The highest BCUT2D eigenvalue weighted by molar-refractivity contribution is 7.15. The number of hydrogen-bond acceptors (Lipinski definition) is 5. The van der Waals surface area contributed by atoms with Crippen molar-refractivity contribution in [3.05, 3.63) is 5.01 Å². The van der Waals surface area contributed by atoms with Crippen LogP contribution >= 0.6 is 11.3 Å². The Morgan fingerprint density at radius 2 is 2.12 bits per heavy atom. The first-order valence-electron chi connectivity index (χ1n) is 6.46. The first kappa shape index (κ1) is 12.8.